The third-order valence-corrected chi connectivity index (χ3v) is 1.68. The van der Waals surface area contributed by atoms with Crippen molar-refractivity contribution in [1.29, 1.82) is 0 Å². The topological polar surface area (TPSA) is 20.2 Å². The zero-order valence-corrected chi connectivity index (χ0v) is 5.44. The van der Waals surface area contributed by atoms with Gasteiger partial charge in [0, 0.05) is 0 Å². The van der Waals surface area contributed by atoms with Crippen LogP contribution in [0.5, 0.6) is 0 Å². The molecule has 0 aliphatic heterocycles. The Morgan fingerprint density at radius 3 is 2.25 bits per heavy atom. The summed E-state index contributed by atoms with van der Waals surface area (Å²) in [7, 11) is 0. The van der Waals surface area contributed by atoms with Crippen molar-refractivity contribution in [2.45, 2.75) is 32.8 Å². The first-order valence-electron chi connectivity index (χ1n) is 3.08. The average Bonchev–Trinajstić information content (AvgIpc) is 2.43. The second-order valence-corrected chi connectivity index (χ2v) is 2.46. The fraction of sp³-hybridized carbons (Fsp3) is 0.714. The second kappa shape index (κ2) is 1.90. The van der Waals surface area contributed by atoms with Gasteiger partial charge in [-0.25, -0.2) is 0 Å². The number of aliphatic hydroxyl groups is 1. The maximum Gasteiger partial charge on any atom is 0.0721 e. The van der Waals surface area contributed by atoms with E-state index in [-0.39, 0.29) is 6.10 Å². The summed E-state index contributed by atoms with van der Waals surface area (Å²) < 4.78 is 0. The Kier molecular flexibility index (Phi) is 1.39. The summed E-state index contributed by atoms with van der Waals surface area (Å²) in [6.45, 7) is 3.83. The van der Waals surface area contributed by atoms with E-state index in [1.54, 1.807) is 0 Å². The minimum atomic E-state index is -0.215. The summed E-state index contributed by atoms with van der Waals surface area (Å²) >= 11 is 0. The van der Waals surface area contributed by atoms with Crippen LogP contribution in [0.2, 0.25) is 0 Å². The molecule has 0 radical (unpaired) electrons. The Bertz CT molecular complexity index is 116. The molecule has 0 aromatic rings. The lowest BCUT2D eigenvalue weighted by atomic mass is 10.2. The Balaban J connectivity index is 2.56. The highest BCUT2D eigenvalue weighted by atomic mass is 16.3. The van der Waals surface area contributed by atoms with Crippen LogP contribution >= 0.6 is 0 Å². The van der Waals surface area contributed by atoms with Crippen LogP contribution in [0.15, 0.2) is 11.1 Å². The molecule has 1 N–H and O–H groups in total. The van der Waals surface area contributed by atoms with Gasteiger partial charge in [-0.2, -0.15) is 0 Å². The van der Waals surface area contributed by atoms with E-state index in [4.69, 9.17) is 5.11 Å². The van der Waals surface area contributed by atoms with E-state index in [1.165, 1.54) is 24.0 Å². The van der Waals surface area contributed by atoms with E-state index in [2.05, 4.69) is 0 Å². The van der Waals surface area contributed by atoms with E-state index in [1.807, 2.05) is 13.8 Å². The molecule has 1 unspecified atom stereocenters. The minimum absolute atomic E-state index is 0.215. The normalized spacial score (nSPS) is 20.6. The highest BCUT2D eigenvalue weighted by molar-refractivity contribution is 5.25. The zero-order valence-electron chi connectivity index (χ0n) is 5.44. The van der Waals surface area contributed by atoms with E-state index in [0.29, 0.717) is 0 Å². The highest BCUT2D eigenvalue weighted by Gasteiger charge is 2.16. The van der Waals surface area contributed by atoms with Crippen LogP contribution in [0.3, 0.4) is 0 Å². The van der Waals surface area contributed by atoms with E-state index < -0.39 is 0 Å². The molecule has 1 saturated carbocycles. The molecule has 0 spiro atoms. The van der Waals surface area contributed by atoms with Gasteiger partial charge < -0.3 is 5.11 Å². The maximum atomic E-state index is 8.97. The van der Waals surface area contributed by atoms with Gasteiger partial charge in [0.2, 0.25) is 0 Å². The molecule has 1 aliphatic rings. The number of rotatable bonds is 1. The Hall–Kier alpha value is -0.300. The standard InChI is InChI=1S/C7H12O/c1-5(6(2)8)7-3-4-7/h6,8H,3-4H2,1-2H3. The predicted molar refractivity (Wildman–Crippen MR) is 33.6 cm³/mol. The van der Waals surface area contributed by atoms with Crippen LogP contribution in [-0.2, 0) is 0 Å². The predicted octanol–water partition coefficient (Wildman–Crippen LogP) is 1.48. The van der Waals surface area contributed by atoms with E-state index in [9.17, 15) is 0 Å². The molecule has 1 fully saturated rings. The van der Waals surface area contributed by atoms with Crippen molar-refractivity contribution in [1.82, 2.24) is 0 Å². The molecule has 0 bridgehead atoms. The number of hydrogen-bond donors (Lipinski definition) is 1. The highest BCUT2D eigenvalue weighted by Crippen LogP contribution is 2.32. The summed E-state index contributed by atoms with van der Waals surface area (Å²) in [6, 6.07) is 0. The van der Waals surface area contributed by atoms with Crippen LogP contribution < -0.4 is 0 Å². The smallest absolute Gasteiger partial charge is 0.0721 e. The Morgan fingerprint density at radius 2 is 2.12 bits per heavy atom. The van der Waals surface area contributed by atoms with Crippen LogP contribution in [0.25, 0.3) is 0 Å². The molecule has 46 valence electrons. The molecule has 8 heavy (non-hydrogen) atoms. The number of aliphatic hydroxyl groups excluding tert-OH is 1. The van der Waals surface area contributed by atoms with Gasteiger partial charge in [0.15, 0.2) is 0 Å². The lowest BCUT2D eigenvalue weighted by Gasteiger charge is -2.00. The molecule has 0 heterocycles. The summed E-state index contributed by atoms with van der Waals surface area (Å²) in [5.41, 5.74) is 2.64. The first-order valence-corrected chi connectivity index (χ1v) is 3.08. The molecule has 1 nitrogen and oxygen atoms in total. The van der Waals surface area contributed by atoms with Gasteiger partial charge >= 0.3 is 0 Å². The molecule has 1 heteroatoms. The first kappa shape index (κ1) is 5.83. The number of allylic oxidation sites excluding steroid dienone is 1. The van der Waals surface area contributed by atoms with Crippen LogP contribution in [-0.4, -0.2) is 11.2 Å². The van der Waals surface area contributed by atoms with E-state index in [0.717, 1.165) is 0 Å². The van der Waals surface area contributed by atoms with Gasteiger partial charge in [-0.1, -0.05) is 5.57 Å². The van der Waals surface area contributed by atoms with Crippen molar-refractivity contribution in [2.24, 2.45) is 0 Å². The van der Waals surface area contributed by atoms with Crippen molar-refractivity contribution < 1.29 is 5.11 Å². The summed E-state index contributed by atoms with van der Waals surface area (Å²) in [5, 5.41) is 8.97. The van der Waals surface area contributed by atoms with E-state index >= 15 is 0 Å². The Morgan fingerprint density at radius 1 is 1.62 bits per heavy atom. The van der Waals surface area contributed by atoms with Gasteiger partial charge in [-0.15, -0.1) is 0 Å². The van der Waals surface area contributed by atoms with Crippen LogP contribution in [0.4, 0.5) is 0 Å². The molecular weight excluding hydrogens is 100 g/mol. The Labute approximate surface area is 50.0 Å². The quantitative estimate of drug-likeness (QED) is 0.509. The first-order chi connectivity index (χ1) is 3.72. The molecule has 0 aromatic carbocycles. The van der Waals surface area contributed by atoms with Crippen molar-refractivity contribution in [3.8, 4) is 0 Å². The lowest BCUT2D eigenvalue weighted by molar-refractivity contribution is 0.231. The number of hydrogen-bond acceptors (Lipinski definition) is 1. The lowest BCUT2D eigenvalue weighted by Crippen LogP contribution is -2.00. The fourth-order valence-corrected chi connectivity index (χ4v) is 0.752. The minimum Gasteiger partial charge on any atom is -0.389 e. The van der Waals surface area contributed by atoms with Crippen molar-refractivity contribution in [2.75, 3.05) is 0 Å². The third kappa shape index (κ3) is 1.10. The van der Waals surface area contributed by atoms with Crippen LogP contribution in [0.1, 0.15) is 26.7 Å². The molecule has 1 rings (SSSR count). The van der Waals surface area contributed by atoms with Crippen LogP contribution in [0, 0.1) is 0 Å². The largest absolute Gasteiger partial charge is 0.389 e. The van der Waals surface area contributed by atoms with Crippen molar-refractivity contribution in [3.05, 3.63) is 11.1 Å². The van der Waals surface area contributed by atoms with Gasteiger partial charge in [-0.3, -0.25) is 0 Å². The third-order valence-electron chi connectivity index (χ3n) is 1.68. The van der Waals surface area contributed by atoms with Gasteiger partial charge in [-0.05, 0) is 32.3 Å². The van der Waals surface area contributed by atoms with Gasteiger partial charge in [0.05, 0.1) is 6.10 Å². The average molecular weight is 112 g/mol. The molecule has 1 atom stereocenters. The SMILES string of the molecule is CC(=C1CC1)C(C)O. The van der Waals surface area contributed by atoms with Gasteiger partial charge in [0.1, 0.15) is 0 Å². The van der Waals surface area contributed by atoms with Gasteiger partial charge in [0.25, 0.3) is 0 Å². The summed E-state index contributed by atoms with van der Waals surface area (Å²) in [5.74, 6) is 0. The molecular formula is C7H12O. The summed E-state index contributed by atoms with van der Waals surface area (Å²) in [4.78, 5) is 0. The summed E-state index contributed by atoms with van der Waals surface area (Å²) in [6.07, 6.45) is 2.22. The van der Waals surface area contributed by atoms with Crippen molar-refractivity contribution in [3.63, 3.8) is 0 Å². The fourth-order valence-electron chi connectivity index (χ4n) is 0.752. The zero-order chi connectivity index (χ0) is 6.15. The molecule has 0 amide bonds. The molecule has 1 aliphatic carbocycles. The van der Waals surface area contributed by atoms with Crippen molar-refractivity contribution >= 4 is 0 Å². The monoisotopic (exact) mass is 112 g/mol. The molecule has 0 aromatic heterocycles. The second-order valence-electron chi connectivity index (χ2n) is 2.46. The maximum absolute atomic E-state index is 8.97. The molecule has 0 saturated heterocycles.